The number of ether oxygens (including phenoxy) is 2. The van der Waals surface area contributed by atoms with E-state index in [1.807, 2.05) is 11.8 Å². The van der Waals surface area contributed by atoms with E-state index < -0.39 is 4.92 Å². The molecule has 1 aromatic rings. The van der Waals surface area contributed by atoms with Gasteiger partial charge < -0.3 is 14.8 Å². The van der Waals surface area contributed by atoms with Gasteiger partial charge in [0.05, 0.1) is 25.2 Å². The van der Waals surface area contributed by atoms with Crippen LogP contribution in [-0.4, -0.2) is 37.2 Å². The zero-order valence-corrected chi connectivity index (χ0v) is 12.4. The lowest BCUT2D eigenvalue weighted by Gasteiger charge is -2.14. The summed E-state index contributed by atoms with van der Waals surface area (Å²) in [6.45, 7) is 0.739. The SMILES string of the molecule is COc1cc(NCC2CCSC2)c([N+](=O)[O-])cc1OC. The maximum absolute atomic E-state index is 11.2. The zero-order chi connectivity index (χ0) is 14.5. The van der Waals surface area contributed by atoms with Gasteiger partial charge in [-0.05, 0) is 23.8 Å². The molecule has 1 unspecified atom stereocenters. The molecule has 1 N–H and O–H groups in total. The molecular formula is C13H18N2O4S. The van der Waals surface area contributed by atoms with E-state index in [0.29, 0.717) is 23.1 Å². The number of rotatable bonds is 6. The van der Waals surface area contributed by atoms with E-state index >= 15 is 0 Å². The maximum Gasteiger partial charge on any atom is 0.296 e. The van der Waals surface area contributed by atoms with Gasteiger partial charge in [0.25, 0.3) is 5.69 Å². The molecule has 0 saturated carbocycles. The summed E-state index contributed by atoms with van der Waals surface area (Å²) in [7, 11) is 2.98. The fourth-order valence-electron chi connectivity index (χ4n) is 2.16. The maximum atomic E-state index is 11.2. The van der Waals surface area contributed by atoms with Crippen molar-refractivity contribution < 1.29 is 14.4 Å². The largest absolute Gasteiger partial charge is 0.493 e. The normalized spacial score (nSPS) is 17.8. The number of nitrogens with one attached hydrogen (secondary N) is 1. The van der Waals surface area contributed by atoms with Gasteiger partial charge in [0, 0.05) is 12.6 Å². The zero-order valence-electron chi connectivity index (χ0n) is 11.5. The van der Waals surface area contributed by atoms with Crippen molar-refractivity contribution >= 4 is 23.1 Å². The molecule has 6 nitrogen and oxygen atoms in total. The Morgan fingerprint density at radius 1 is 1.40 bits per heavy atom. The third-order valence-electron chi connectivity index (χ3n) is 3.30. The highest BCUT2D eigenvalue weighted by molar-refractivity contribution is 7.99. The summed E-state index contributed by atoms with van der Waals surface area (Å²) in [5.74, 6) is 3.68. The second-order valence-electron chi connectivity index (χ2n) is 4.59. The first kappa shape index (κ1) is 14.8. The molecule has 0 bridgehead atoms. The molecule has 0 spiro atoms. The van der Waals surface area contributed by atoms with Crippen molar-refractivity contribution in [1.82, 2.24) is 0 Å². The van der Waals surface area contributed by atoms with E-state index in [-0.39, 0.29) is 5.69 Å². The minimum atomic E-state index is -0.409. The molecule has 20 heavy (non-hydrogen) atoms. The number of nitrogens with zero attached hydrogens (tertiary/aromatic N) is 1. The van der Waals surface area contributed by atoms with Crippen LogP contribution in [0, 0.1) is 16.0 Å². The summed E-state index contributed by atoms with van der Waals surface area (Å²) in [5.41, 5.74) is 0.484. The molecule has 0 aliphatic carbocycles. The average Bonchev–Trinajstić information content (AvgIpc) is 2.97. The number of nitro benzene ring substituents is 1. The van der Waals surface area contributed by atoms with Crippen molar-refractivity contribution in [1.29, 1.82) is 0 Å². The van der Waals surface area contributed by atoms with Crippen LogP contribution in [0.15, 0.2) is 12.1 Å². The van der Waals surface area contributed by atoms with Crippen LogP contribution in [0.2, 0.25) is 0 Å². The van der Waals surface area contributed by atoms with Crippen LogP contribution in [0.25, 0.3) is 0 Å². The van der Waals surface area contributed by atoms with Crippen LogP contribution in [0.3, 0.4) is 0 Å². The van der Waals surface area contributed by atoms with Gasteiger partial charge in [0.2, 0.25) is 0 Å². The lowest BCUT2D eigenvalue weighted by atomic mass is 10.1. The molecule has 1 aromatic carbocycles. The van der Waals surface area contributed by atoms with Crippen molar-refractivity contribution in [3.05, 3.63) is 22.2 Å². The Hall–Kier alpha value is -1.63. The standard InChI is InChI=1S/C13H18N2O4S/c1-18-12-5-10(14-7-9-3-4-20-8-9)11(15(16)17)6-13(12)19-2/h5-6,9,14H,3-4,7-8H2,1-2H3. The van der Waals surface area contributed by atoms with Crippen molar-refractivity contribution in [3.63, 3.8) is 0 Å². The first-order valence-electron chi connectivity index (χ1n) is 6.37. The highest BCUT2D eigenvalue weighted by atomic mass is 32.2. The Bertz CT molecular complexity index is 490. The number of nitro groups is 1. The molecule has 1 fully saturated rings. The smallest absolute Gasteiger partial charge is 0.296 e. The Morgan fingerprint density at radius 3 is 2.65 bits per heavy atom. The van der Waals surface area contributed by atoms with Crippen LogP contribution in [0.1, 0.15) is 6.42 Å². The van der Waals surface area contributed by atoms with Gasteiger partial charge in [0.1, 0.15) is 5.69 Å². The summed E-state index contributed by atoms with van der Waals surface area (Å²) in [4.78, 5) is 10.7. The first-order chi connectivity index (χ1) is 9.65. The van der Waals surface area contributed by atoms with E-state index in [2.05, 4.69) is 5.32 Å². The molecule has 1 aliphatic heterocycles. The fourth-order valence-corrected chi connectivity index (χ4v) is 3.44. The number of methoxy groups -OCH3 is 2. The Morgan fingerprint density at radius 2 is 2.10 bits per heavy atom. The number of hydrogen-bond donors (Lipinski definition) is 1. The van der Waals surface area contributed by atoms with Crippen LogP contribution in [-0.2, 0) is 0 Å². The van der Waals surface area contributed by atoms with Crippen molar-refractivity contribution in [2.45, 2.75) is 6.42 Å². The van der Waals surface area contributed by atoms with Crippen molar-refractivity contribution in [3.8, 4) is 11.5 Å². The Labute approximate surface area is 122 Å². The quantitative estimate of drug-likeness (QED) is 0.643. The number of benzene rings is 1. The third-order valence-corrected chi connectivity index (χ3v) is 4.54. The van der Waals surface area contributed by atoms with Gasteiger partial charge >= 0.3 is 0 Å². The lowest BCUT2D eigenvalue weighted by Crippen LogP contribution is -2.14. The number of thioether (sulfide) groups is 1. The van der Waals surface area contributed by atoms with E-state index in [1.54, 1.807) is 6.07 Å². The van der Waals surface area contributed by atoms with Crippen LogP contribution < -0.4 is 14.8 Å². The first-order valence-corrected chi connectivity index (χ1v) is 7.53. The molecule has 1 heterocycles. The molecule has 2 rings (SSSR count). The third kappa shape index (κ3) is 3.27. The Kier molecular flexibility index (Phi) is 4.94. The van der Waals surface area contributed by atoms with Crippen LogP contribution in [0.5, 0.6) is 11.5 Å². The van der Waals surface area contributed by atoms with Gasteiger partial charge in [-0.25, -0.2) is 0 Å². The fraction of sp³-hybridized carbons (Fsp3) is 0.538. The summed E-state index contributed by atoms with van der Waals surface area (Å²) < 4.78 is 10.3. The Balaban J connectivity index is 2.21. The topological polar surface area (TPSA) is 73.6 Å². The molecule has 1 atom stereocenters. The van der Waals surface area contributed by atoms with Gasteiger partial charge in [-0.15, -0.1) is 0 Å². The highest BCUT2D eigenvalue weighted by Crippen LogP contribution is 2.38. The summed E-state index contributed by atoms with van der Waals surface area (Å²) >= 11 is 1.92. The monoisotopic (exact) mass is 298 g/mol. The van der Waals surface area contributed by atoms with E-state index in [1.165, 1.54) is 26.0 Å². The molecule has 0 radical (unpaired) electrons. The summed E-state index contributed by atoms with van der Waals surface area (Å²) in [6.07, 6.45) is 1.15. The number of anilines is 1. The van der Waals surface area contributed by atoms with E-state index in [9.17, 15) is 10.1 Å². The lowest BCUT2D eigenvalue weighted by molar-refractivity contribution is -0.384. The predicted molar refractivity (Wildman–Crippen MR) is 80.1 cm³/mol. The molecule has 0 aromatic heterocycles. The molecule has 1 saturated heterocycles. The minimum absolute atomic E-state index is 0.00769. The van der Waals surface area contributed by atoms with Crippen molar-refractivity contribution in [2.24, 2.45) is 5.92 Å². The van der Waals surface area contributed by atoms with E-state index in [0.717, 1.165) is 18.7 Å². The second-order valence-corrected chi connectivity index (χ2v) is 5.74. The van der Waals surface area contributed by atoms with Gasteiger partial charge in [0.15, 0.2) is 11.5 Å². The minimum Gasteiger partial charge on any atom is -0.493 e. The summed E-state index contributed by atoms with van der Waals surface area (Å²) in [5, 5.41) is 14.3. The van der Waals surface area contributed by atoms with Crippen molar-refractivity contribution in [2.75, 3.05) is 37.6 Å². The van der Waals surface area contributed by atoms with Crippen LogP contribution >= 0.6 is 11.8 Å². The molecule has 7 heteroatoms. The summed E-state index contributed by atoms with van der Waals surface area (Å²) in [6, 6.07) is 3.02. The van der Waals surface area contributed by atoms with Gasteiger partial charge in [-0.1, -0.05) is 0 Å². The second kappa shape index (κ2) is 6.69. The van der Waals surface area contributed by atoms with Crippen LogP contribution in [0.4, 0.5) is 11.4 Å². The molecule has 0 amide bonds. The predicted octanol–water partition coefficient (Wildman–Crippen LogP) is 2.78. The van der Waals surface area contributed by atoms with Gasteiger partial charge in [-0.3, -0.25) is 10.1 Å². The highest BCUT2D eigenvalue weighted by Gasteiger charge is 2.21. The van der Waals surface area contributed by atoms with E-state index in [4.69, 9.17) is 9.47 Å². The average molecular weight is 298 g/mol. The molecule has 1 aliphatic rings. The molecule has 110 valence electrons. The van der Waals surface area contributed by atoms with Gasteiger partial charge in [-0.2, -0.15) is 11.8 Å². The number of hydrogen-bond acceptors (Lipinski definition) is 6. The molecular weight excluding hydrogens is 280 g/mol.